The summed E-state index contributed by atoms with van der Waals surface area (Å²) in [7, 11) is 2.87. The molecule has 0 radical (unpaired) electrons. The summed E-state index contributed by atoms with van der Waals surface area (Å²) < 4.78 is 21.4. The van der Waals surface area contributed by atoms with Crippen molar-refractivity contribution in [1.82, 2.24) is 0 Å². The number of hydrogen-bond acceptors (Lipinski definition) is 8. The lowest BCUT2D eigenvalue weighted by Crippen LogP contribution is -2.32. The number of amides is 1. The minimum atomic E-state index is -1.45. The summed E-state index contributed by atoms with van der Waals surface area (Å²) in [5.74, 6) is 0.140. The Hall–Kier alpha value is -3.04. The van der Waals surface area contributed by atoms with E-state index in [1.54, 1.807) is 13.0 Å². The number of rotatable bonds is 11. The van der Waals surface area contributed by atoms with E-state index in [1.165, 1.54) is 39.3 Å². The van der Waals surface area contributed by atoms with Gasteiger partial charge in [0.1, 0.15) is 33.7 Å². The topological polar surface area (TPSA) is 108 Å². The third kappa shape index (κ3) is 6.72. The largest absolute Gasteiger partial charge is 0.495 e. The minimum Gasteiger partial charge on any atom is -0.495 e. The zero-order valence-corrected chi connectivity index (χ0v) is 20.4. The molecule has 1 unspecified atom stereocenters. The summed E-state index contributed by atoms with van der Waals surface area (Å²) in [5.41, 5.74) is 0.441. The van der Waals surface area contributed by atoms with Gasteiger partial charge in [-0.2, -0.15) is 10.2 Å². The molecule has 9 nitrogen and oxygen atoms in total. The highest BCUT2D eigenvalue weighted by molar-refractivity contribution is 6.35. The molecular weight excluding hydrogens is 473 g/mol. The Kier molecular flexibility index (Phi) is 9.74. The van der Waals surface area contributed by atoms with Crippen LogP contribution in [-0.2, 0) is 9.59 Å². The van der Waals surface area contributed by atoms with Crippen LogP contribution in [0.5, 0.6) is 23.0 Å². The zero-order chi connectivity index (χ0) is 24.5. The minimum absolute atomic E-state index is 0.164. The van der Waals surface area contributed by atoms with Crippen molar-refractivity contribution in [2.24, 2.45) is 10.2 Å². The van der Waals surface area contributed by atoms with Crippen molar-refractivity contribution in [2.75, 3.05) is 32.8 Å². The maximum Gasteiger partial charge on any atom is 0.258 e. The van der Waals surface area contributed by atoms with Gasteiger partial charge in [0.25, 0.3) is 5.91 Å². The number of carbonyl (C=O) groups excluding carboxylic acids is 2. The first-order valence-electron chi connectivity index (χ1n) is 9.98. The summed E-state index contributed by atoms with van der Waals surface area (Å²) in [6.45, 7) is 5.61. The number of methoxy groups -OCH3 is 2. The fraction of sp³-hybridized carbons (Fsp3) is 0.364. The molecule has 0 heterocycles. The Morgan fingerprint density at radius 2 is 1.64 bits per heavy atom. The third-order valence-corrected chi connectivity index (χ3v) is 4.93. The number of carbonyl (C=O) groups is 2. The van der Waals surface area contributed by atoms with Crippen LogP contribution in [0.1, 0.15) is 20.8 Å². The number of ketones is 1. The first kappa shape index (κ1) is 26.2. The second-order valence-corrected chi connectivity index (χ2v) is 7.31. The van der Waals surface area contributed by atoms with E-state index in [-0.39, 0.29) is 16.4 Å². The van der Waals surface area contributed by atoms with Crippen molar-refractivity contribution in [2.45, 2.75) is 26.8 Å². The van der Waals surface area contributed by atoms with Crippen LogP contribution in [-0.4, -0.2) is 45.2 Å². The average molecular weight is 498 g/mol. The highest BCUT2D eigenvalue weighted by Gasteiger charge is 2.25. The molecule has 0 bridgehead atoms. The standard InChI is InChI=1S/C22H25Cl2N3O6/c1-6-32-13-8-16(20(24)19(9-13)33-7-2)25-22(29)21(12(3)28)27-26-15-11-17(30-4)14(23)10-18(15)31-5/h8-11,21H,6-7H2,1-5H3,(H,25,29). The summed E-state index contributed by atoms with van der Waals surface area (Å²) in [6, 6.07) is 4.68. The van der Waals surface area contributed by atoms with Crippen LogP contribution in [0, 0.1) is 0 Å². The van der Waals surface area contributed by atoms with Crippen molar-refractivity contribution in [3.8, 4) is 23.0 Å². The number of Topliss-reactive ketones (excluding diaryl/α,β-unsaturated/α-hetero) is 1. The Labute approximate surface area is 202 Å². The second-order valence-electron chi connectivity index (χ2n) is 6.53. The molecule has 11 heteroatoms. The lowest BCUT2D eigenvalue weighted by molar-refractivity contribution is -0.126. The SMILES string of the molecule is CCOc1cc(NC(=O)C(N=Nc2cc(OC)c(Cl)cc2OC)C(C)=O)c(Cl)c(OCC)c1. The van der Waals surface area contributed by atoms with Crippen LogP contribution in [0.3, 0.4) is 0 Å². The molecule has 0 aliphatic carbocycles. The molecule has 1 N–H and O–H groups in total. The molecule has 0 saturated carbocycles. The van der Waals surface area contributed by atoms with E-state index in [1.807, 2.05) is 6.92 Å². The summed E-state index contributed by atoms with van der Waals surface area (Å²) in [6.07, 6.45) is 0. The number of benzene rings is 2. The smallest absolute Gasteiger partial charge is 0.258 e. The molecule has 1 amide bonds. The molecule has 0 spiro atoms. The predicted molar refractivity (Wildman–Crippen MR) is 126 cm³/mol. The number of nitrogens with one attached hydrogen (secondary N) is 1. The van der Waals surface area contributed by atoms with Crippen LogP contribution < -0.4 is 24.3 Å². The number of anilines is 1. The Bertz CT molecular complexity index is 1050. The Morgan fingerprint density at radius 3 is 2.21 bits per heavy atom. The normalized spacial score (nSPS) is 11.7. The van der Waals surface area contributed by atoms with E-state index in [2.05, 4.69) is 15.5 Å². The van der Waals surface area contributed by atoms with Crippen LogP contribution in [0.4, 0.5) is 11.4 Å². The summed E-state index contributed by atoms with van der Waals surface area (Å²) in [5, 5.41) is 11.0. The molecule has 0 aromatic heterocycles. The van der Waals surface area contributed by atoms with Gasteiger partial charge in [-0.15, -0.1) is 0 Å². The van der Waals surface area contributed by atoms with Gasteiger partial charge in [0.15, 0.2) is 5.78 Å². The Morgan fingerprint density at radius 1 is 0.970 bits per heavy atom. The maximum atomic E-state index is 12.9. The van der Waals surface area contributed by atoms with Crippen molar-refractivity contribution in [3.63, 3.8) is 0 Å². The predicted octanol–water partition coefficient (Wildman–Crippen LogP) is 5.49. The lowest BCUT2D eigenvalue weighted by atomic mass is 10.2. The first-order chi connectivity index (χ1) is 15.7. The average Bonchev–Trinajstić information content (AvgIpc) is 2.77. The van der Waals surface area contributed by atoms with E-state index >= 15 is 0 Å². The van der Waals surface area contributed by atoms with Gasteiger partial charge in [0.2, 0.25) is 6.04 Å². The fourth-order valence-electron chi connectivity index (χ4n) is 2.74. The van der Waals surface area contributed by atoms with Gasteiger partial charge in [-0.05, 0) is 20.8 Å². The van der Waals surface area contributed by atoms with Gasteiger partial charge >= 0.3 is 0 Å². The van der Waals surface area contributed by atoms with Gasteiger partial charge in [-0.25, -0.2) is 0 Å². The zero-order valence-electron chi connectivity index (χ0n) is 18.9. The number of hydrogen-bond donors (Lipinski definition) is 1. The quantitative estimate of drug-likeness (QED) is 0.324. The number of halogens is 2. The molecule has 33 heavy (non-hydrogen) atoms. The molecule has 1 atom stereocenters. The molecule has 0 aliphatic rings. The summed E-state index contributed by atoms with van der Waals surface area (Å²) >= 11 is 12.5. The van der Waals surface area contributed by atoms with Crippen molar-refractivity contribution < 1.29 is 28.5 Å². The van der Waals surface area contributed by atoms with E-state index in [0.717, 1.165) is 0 Å². The fourth-order valence-corrected chi connectivity index (χ4v) is 3.18. The van der Waals surface area contributed by atoms with Crippen molar-refractivity contribution >= 4 is 46.3 Å². The van der Waals surface area contributed by atoms with Crippen LogP contribution in [0.2, 0.25) is 10.0 Å². The summed E-state index contributed by atoms with van der Waals surface area (Å²) in [4.78, 5) is 25.1. The van der Waals surface area contributed by atoms with Crippen LogP contribution in [0.25, 0.3) is 0 Å². The molecule has 0 saturated heterocycles. The van der Waals surface area contributed by atoms with E-state index in [4.69, 9.17) is 42.1 Å². The van der Waals surface area contributed by atoms with Crippen molar-refractivity contribution in [1.29, 1.82) is 0 Å². The molecule has 2 aromatic rings. The van der Waals surface area contributed by atoms with E-state index in [0.29, 0.717) is 41.2 Å². The Balaban J connectivity index is 2.36. The molecule has 178 valence electrons. The highest BCUT2D eigenvalue weighted by Crippen LogP contribution is 2.39. The van der Waals surface area contributed by atoms with Gasteiger partial charge in [-0.3, -0.25) is 9.59 Å². The number of azo groups is 1. The van der Waals surface area contributed by atoms with Gasteiger partial charge in [-0.1, -0.05) is 23.2 Å². The second kappa shape index (κ2) is 12.3. The molecule has 2 aromatic carbocycles. The number of nitrogens with zero attached hydrogens (tertiary/aromatic N) is 2. The van der Waals surface area contributed by atoms with Gasteiger partial charge < -0.3 is 24.3 Å². The monoisotopic (exact) mass is 497 g/mol. The van der Waals surface area contributed by atoms with Crippen molar-refractivity contribution in [3.05, 3.63) is 34.3 Å². The van der Waals surface area contributed by atoms with E-state index < -0.39 is 17.7 Å². The molecular formula is C22H25Cl2N3O6. The maximum absolute atomic E-state index is 12.9. The van der Waals surface area contributed by atoms with Crippen LogP contribution in [0.15, 0.2) is 34.5 Å². The lowest BCUT2D eigenvalue weighted by Gasteiger charge is -2.15. The number of ether oxygens (including phenoxy) is 4. The first-order valence-corrected chi connectivity index (χ1v) is 10.7. The van der Waals surface area contributed by atoms with Gasteiger partial charge in [0.05, 0.1) is 38.1 Å². The van der Waals surface area contributed by atoms with Crippen LogP contribution >= 0.6 is 23.2 Å². The van der Waals surface area contributed by atoms with Gasteiger partial charge in [0, 0.05) is 24.3 Å². The molecule has 2 rings (SSSR count). The van der Waals surface area contributed by atoms with E-state index in [9.17, 15) is 9.59 Å². The molecule has 0 aliphatic heterocycles. The third-order valence-electron chi connectivity index (χ3n) is 4.25. The molecule has 0 fully saturated rings. The highest BCUT2D eigenvalue weighted by atomic mass is 35.5.